The zero-order valence-electron chi connectivity index (χ0n) is 16.8. The fourth-order valence-electron chi connectivity index (χ4n) is 2.93. The smallest absolute Gasteiger partial charge is 0.280 e. The summed E-state index contributed by atoms with van der Waals surface area (Å²) in [5, 5.41) is 2.37. The van der Waals surface area contributed by atoms with Crippen LogP contribution in [0.5, 0.6) is 0 Å². The summed E-state index contributed by atoms with van der Waals surface area (Å²) in [5.74, 6) is -1.37. The third kappa shape index (κ3) is 4.61. The predicted octanol–water partition coefficient (Wildman–Crippen LogP) is 3.48. The van der Waals surface area contributed by atoms with E-state index in [1.807, 2.05) is 25.1 Å². The molecule has 0 bridgehead atoms. The van der Waals surface area contributed by atoms with Crippen molar-refractivity contribution in [2.75, 3.05) is 4.72 Å². The Morgan fingerprint density at radius 2 is 1.59 bits per heavy atom. The first-order valence-corrected chi connectivity index (χ1v) is 11.8. The van der Waals surface area contributed by atoms with Crippen LogP contribution < -0.4 is 15.6 Å². The van der Waals surface area contributed by atoms with Crippen LogP contribution in [0.2, 0.25) is 0 Å². The van der Waals surface area contributed by atoms with E-state index in [0.717, 1.165) is 22.3 Å². The number of aryl methyl sites for hydroxylation is 1. The lowest BCUT2D eigenvalue weighted by atomic mass is 10.2. The fraction of sp³-hybridized carbons (Fsp3) is 0.0455. The molecule has 0 aliphatic rings. The number of aromatic nitrogens is 1. The van der Waals surface area contributed by atoms with Crippen LogP contribution in [0.4, 0.5) is 5.69 Å². The van der Waals surface area contributed by atoms with Gasteiger partial charge in [0.05, 0.1) is 5.52 Å². The van der Waals surface area contributed by atoms with Crippen LogP contribution in [0.15, 0.2) is 77.0 Å². The van der Waals surface area contributed by atoms with Gasteiger partial charge in [-0.3, -0.25) is 25.2 Å². The van der Waals surface area contributed by atoms with Gasteiger partial charge in [0.1, 0.15) is 15.5 Å². The quantitative estimate of drug-likeness (QED) is 0.389. The van der Waals surface area contributed by atoms with E-state index < -0.39 is 21.8 Å². The Morgan fingerprint density at radius 1 is 0.875 bits per heavy atom. The maximum Gasteiger partial charge on any atom is 0.288 e. The van der Waals surface area contributed by atoms with E-state index in [9.17, 15) is 18.0 Å². The number of sulfonamides is 1. The number of pyridine rings is 1. The summed E-state index contributed by atoms with van der Waals surface area (Å²) in [4.78, 5) is 29.0. The van der Waals surface area contributed by atoms with Gasteiger partial charge < -0.3 is 0 Å². The van der Waals surface area contributed by atoms with Crippen molar-refractivity contribution in [2.45, 2.75) is 11.8 Å². The summed E-state index contributed by atoms with van der Waals surface area (Å²) in [7, 11) is -4.00. The zero-order chi connectivity index (χ0) is 22.7. The minimum absolute atomic E-state index is 0.0589. The van der Waals surface area contributed by atoms with Gasteiger partial charge in [-0.25, -0.2) is 13.4 Å². The number of amides is 2. The van der Waals surface area contributed by atoms with Crippen molar-refractivity contribution >= 4 is 49.8 Å². The third-order valence-electron chi connectivity index (χ3n) is 4.55. The molecule has 4 aromatic rings. The fourth-order valence-corrected chi connectivity index (χ4v) is 5.32. The van der Waals surface area contributed by atoms with Crippen LogP contribution in [0.3, 0.4) is 0 Å². The lowest BCUT2D eigenvalue weighted by Crippen LogP contribution is -2.42. The lowest BCUT2D eigenvalue weighted by molar-refractivity contribution is 0.0845. The van der Waals surface area contributed by atoms with Crippen molar-refractivity contribution in [1.29, 1.82) is 0 Å². The topological polar surface area (TPSA) is 117 Å². The van der Waals surface area contributed by atoms with E-state index in [2.05, 4.69) is 20.6 Å². The maximum absolute atomic E-state index is 12.8. The van der Waals surface area contributed by atoms with Gasteiger partial charge >= 0.3 is 0 Å². The Bertz CT molecular complexity index is 1410. The van der Waals surface area contributed by atoms with E-state index in [1.165, 1.54) is 17.5 Å². The molecule has 0 saturated heterocycles. The molecule has 2 heterocycles. The zero-order valence-corrected chi connectivity index (χ0v) is 18.5. The Kier molecular flexibility index (Phi) is 5.89. The summed E-state index contributed by atoms with van der Waals surface area (Å²) in [6, 6.07) is 18.8. The number of nitrogens with zero attached hydrogens (tertiary/aromatic N) is 1. The number of hydrogen-bond acceptors (Lipinski definition) is 6. The molecule has 0 radical (unpaired) electrons. The number of fused-ring (bicyclic) bond motifs is 1. The van der Waals surface area contributed by atoms with E-state index >= 15 is 0 Å². The average Bonchev–Trinajstić information content (AvgIpc) is 3.29. The number of anilines is 1. The average molecular weight is 467 g/mol. The van der Waals surface area contributed by atoms with E-state index in [4.69, 9.17) is 0 Å². The van der Waals surface area contributed by atoms with Gasteiger partial charge in [0.2, 0.25) is 0 Å². The molecule has 0 fully saturated rings. The molecule has 162 valence electrons. The highest BCUT2D eigenvalue weighted by molar-refractivity contribution is 7.93. The highest BCUT2D eigenvalue weighted by Crippen LogP contribution is 2.24. The third-order valence-corrected chi connectivity index (χ3v) is 7.02. The van der Waals surface area contributed by atoms with Crippen LogP contribution in [0.25, 0.3) is 10.9 Å². The van der Waals surface area contributed by atoms with Crippen molar-refractivity contribution in [3.05, 3.63) is 88.2 Å². The predicted molar refractivity (Wildman–Crippen MR) is 123 cm³/mol. The van der Waals surface area contributed by atoms with Crippen LogP contribution in [0, 0.1) is 6.92 Å². The first kappa shape index (κ1) is 21.5. The van der Waals surface area contributed by atoms with Crippen molar-refractivity contribution in [2.24, 2.45) is 0 Å². The second kappa shape index (κ2) is 8.77. The van der Waals surface area contributed by atoms with Crippen LogP contribution in [-0.2, 0) is 10.0 Å². The van der Waals surface area contributed by atoms with Gasteiger partial charge in [-0.1, -0.05) is 42.0 Å². The number of carbonyl (C=O) groups excluding carboxylic acids is 2. The Hall–Kier alpha value is -3.76. The molecule has 10 heteroatoms. The number of hydrazine groups is 1. The number of rotatable bonds is 5. The second-order valence-corrected chi connectivity index (χ2v) is 9.45. The van der Waals surface area contributed by atoms with E-state index in [-0.39, 0.29) is 15.5 Å². The van der Waals surface area contributed by atoms with Crippen LogP contribution in [0.1, 0.15) is 25.7 Å². The van der Waals surface area contributed by atoms with Crippen LogP contribution >= 0.6 is 11.3 Å². The molecular weight excluding hydrogens is 448 g/mol. The van der Waals surface area contributed by atoms with Crippen molar-refractivity contribution in [3.63, 3.8) is 0 Å². The molecule has 0 atom stereocenters. The first-order valence-electron chi connectivity index (χ1n) is 9.47. The number of carbonyl (C=O) groups is 2. The summed E-state index contributed by atoms with van der Waals surface area (Å²) < 4.78 is 28.0. The van der Waals surface area contributed by atoms with E-state index in [0.29, 0.717) is 11.2 Å². The van der Waals surface area contributed by atoms with Gasteiger partial charge in [-0.05, 0) is 42.6 Å². The monoisotopic (exact) mass is 466 g/mol. The summed E-state index contributed by atoms with van der Waals surface area (Å²) in [5.41, 5.74) is 6.65. The summed E-state index contributed by atoms with van der Waals surface area (Å²) in [6.45, 7) is 1.89. The molecule has 4 rings (SSSR count). The molecule has 0 aliphatic carbocycles. The van der Waals surface area contributed by atoms with Gasteiger partial charge in [0.25, 0.3) is 21.8 Å². The highest BCUT2D eigenvalue weighted by Gasteiger charge is 2.24. The molecule has 8 nitrogen and oxygen atoms in total. The molecule has 0 saturated carbocycles. The second-order valence-electron chi connectivity index (χ2n) is 6.88. The molecule has 0 aliphatic heterocycles. The number of para-hydroxylation sites is 1. The maximum atomic E-state index is 12.8. The number of hydrogen-bond donors (Lipinski definition) is 3. The lowest BCUT2D eigenvalue weighted by Gasteiger charge is -2.10. The van der Waals surface area contributed by atoms with E-state index in [1.54, 1.807) is 36.4 Å². The standard InChI is InChI=1S/C22H18N4O4S2/c1-14-6-9-16(10-7-14)26-32(29,30)19-12-13-31-20(19)22(28)25-24-21(27)18-11-8-15-4-2-3-5-17(15)23-18/h2-13,26H,1H3,(H,24,27)(H,25,28). The minimum atomic E-state index is -4.00. The Labute approximate surface area is 188 Å². The SMILES string of the molecule is Cc1ccc(NS(=O)(=O)c2ccsc2C(=O)NNC(=O)c2ccc3ccccc3n2)cc1. The van der Waals surface area contributed by atoms with Crippen molar-refractivity contribution in [1.82, 2.24) is 15.8 Å². The Balaban J connectivity index is 1.46. The van der Waals surface area contributed by atoms with Crippen molar-refractivity contribution < 1.29 is 18.0 Å². The molecule has 0 spiro atoms. The molecule has 3 N–H and O–H groups in total. The van der Waals surface area contributed by atoms with Gasteiger partial charge in [0, 0.05) is 11.1 Å². The molecule has 2 aromatic carbocycles. The van der Waals surface area contributed by atoms with Gasteiger partial charge in [-0.15, -0.1) is 11.3 Å². The van der Waals surface area contributed by atoms with Crippen LogP contribution in [-0.4, -0.2) is 25.2 Å². The number of nitrogens with one attached hydrogen (secondary N) is 3. The first-order chi connectivity index (χ1) is 15.3. The molecule has 0 unspecified atom stereocenters. The minimum Gasteiger partial charge on any atom is -0.280 e. The number of benzene rings is 2. The molecular formula is C22H18N4O4S2. The summed E-state index contributed by atoms with van der Waals surface area (Å²) >= 11 is 0.949. The largest absolute Gasteiger partial charge is 0.288 e. The normalized spacial score (nSPS) is 11.2. The Morgan fingerprint density at radius 3 is 2.38 bits per heavy atom. The summed E-state index contributed by atoms with van der Waals surface area (Å²) in [6.07, 6.45) is 0. The number of thiophene rings is 1. The van der Waals surface area contributed by atoms with Crippen molar-refractivity contribution in [3.8, 4) is 0 Å². The molecule has 32 heavy (non-hydrogen) atoms. The highest BCUT2D eigenvalue weighted by atomic mass is 32.2. The molecule has 2 aromatic heterocycles. The van der Waals surface area contributed by atoms with Gasteiger partial charge in [0.15, 0.2) is 0 Å². The van der Waals surface area contributed by atoms with Gasteiger partial charge in [-0.2, -0.15) is 0 Å². The molecule has 2 amide bonds.